The molecule has 0 aliphatic carbocycles. The summed E-state index contributed by atoms with van der Waals surface area (Å²) in [5, 5.41) is 0. The zero-order valence-electron chi connectivity index (χ0n) is 12.5. The Morgan fingerprint density at radius 3 is 2.42 bits per heavy atom. The minimum absolute atomic E-state index is 1.16. The molecule has 2 rings (SSSR count). The van der Waals surface area contributed by atoms with Crippen LogP contribution in [0.15, 0.2) is 18.2 Å². The summed E-state index contributed by atoms with van der Waals surface area (Å²) in [5.41, 5.74) is 4.30. The summed E-state index contributed by atoms with van der Waals surface area (Å²) in [6.45, 7) is 8.32. The molecule has 1 aliphatic rings. The fourth-order valence-corrected chi connectivity index (χ4v) is 3.58. The standard InChI is InChI=1S/C17H27NS/c1-15-7-8-17(13-16(15)2)14-19-12-11-18-9-5-3-4-6-10-18/h7-8,13H,3-6,9-12,14H2,1-2H3. The van der Waals surface area contributed by atoms with Gasteiger partial charge in [0.25, 0.3) is 0 Å². The molecule has 1 saturated heterocycles. The lowest BCUT2D eigenvalue weighted by Crippen LogP contribution is -2.27. The van der Waals surface area contributed by atoms with E-state index in [1.54, 1.807) is 0 Å². The van der Waals surface area contributed by atoms with E-state index in [4.69, 9.17) is 0 Å². The van der Waals surface area contributed by atoms with Crippen LogP contribution in [0.3, 0.4) is 0 Å². The van der Waals surface area contributed by atoms with E-state index in [0.29, 0.717) is 0 Å². The average Bonchev–Trinajstić information content (AvgIpc) is 2.67. The van der Waals surface area contributed by atoms with Crippen LogP contribution in [0.1, 0.15) is 42.4 Å². The number of thioether (sulfide) groups is 1. The first-order valence-corrected chi connectivity index (χ1v) is 8.77. The van der Waals surface area contributed by atoms with Gasteiger partial charge >= 0.3 is 0 Å². The second-order valence-electron chi connectivity index (χ2n) is 5.73. The van der Waals surface area contributed by atoms with Gasteiger partial charge in [-0.2, -0.15) is 11.8 Å². The van der Waals surface area contributed by atoms with Gasteiger partial charge in [0.2, 0.25) is 0 Å². The van der Waals surface area contributed by atoms with Crippen molar-refractivity contribution in [1.29, 1.82) is 0 Å². The number of aryl methyl sites for hydroxylation is 2. The summed E-state index contributed by atoms with van der Waals surface area (Å²) in [5.74, 6) is 2.43. The minimum Gasteiger partial charge on any atom is -0.303 e. The van der Waals surface area contributed by atoms with Crippen LogP contribution in [0.4, 0.5) is 0 Å². The van der Waals surface area contributed by atoms with Crippen LogP contribution in [0, 0.1) is 13.8 Å². The van der Waals surface area contributed by atoms with Gasteiger partial charge in [-0.3, -0.25) is 0 Å². The van der Waals surface area contributed by atoms with Crippen molar-refractivity contribution in [3.05, 3.63) is 34.9 Å². The molecule has 0 aromatic heterocycles. The van der Waals surface area contributed by atoms with Gasteiger partial charge in [0, 0.05) is 18.1 Å². The first-order valence-electron chi connectivity index (χ1n) is 7.62. The third kappa shape index (κ3) is 5.19. The van der Waals surface area contributed by atoms with E-state index in [9.17, 15) is 0 Å². The highest BCUT2D eigenvalue weighted by molar-refractivity contribution is 7.98. The monoisotopic (exact) mass is 277 g/mol. The van der Waals surface area contributed by atoms with Crippen LogP contribution in [0.2, 0.25) is 0 Å². The lowest BCUT2D eigenvalue weighted by molar-refractivity contribution is 0.303. The van der Waals surface area contributed by atoms with Crippen molar-refractivity contribution >= 4 is 11.8 Å². The topological polar surface area (TPSA) is 3.24 Å². The highest BCUT2D eigenvalue weighted by Crippen LogP contribution is 2.17. The molecular weight excluding hydrogens is 250 g/mol. The maximum atomic E-state index is 2.65. The Balaban J connectivity index is 1.67. The number of rotatable bonds is 5. The molecule has 1 aromatic carbocycles. The van der Waals surface area contributed by atoms with E-state index >= 15 is 0 Å². The molecule has 0 saturated carbocycles. The Bertz CT molecular complexity index is 381. The number of likely N-dealkylation sites (tertiary alicyclic amines) is 1. The lowest BCUT2D eigenvalue weighted by atomic mass is 10.1. The maximum Gasteiger partial charge on any atom is 0.0185 e. The highest BCUT2D eigenvalue weighted by atomic mass is 32.2. The first-order chi connectivity index (χ1) is 9.25. The Hall–Kier alpha value is -0.470. The van der Waals surface area contributed by atoms with Gasteiger partial charge in [-0.05, 0) is 56.5 Å². The average molecular weight is 277 g/mol. The molecule has 0 bridgehead atoms. The van der Waals surface area contributed by atoms with Gasteiger partial charge in [-0.25, -0.2) is 0 Å². The molecule has 1 nitrogen and oxygen atoms in total. The van der Waals surface area contributed by atoms with Crippen LogP contribution in [0.25, 0.3) is 0 Å². The Kier molecular flexibility index (Phi) is 6.25. The third-order valence-electron chi connectivity index (χ3n) is 4.09. The van der Waals surface area contributed by atoms with E-state index in [0.717, 1.165) is 5.75 Å². The number of nitrogens with zero attached hydrogens (tertiary/aromatic N) is 1. The summed E-state index contributed by atoms with van der Waals surface area (Å²) in [6, 6.07) is 6.87. The van der Waals surface area contributed by atoms with Crippen molar-refractivity contribution in [2.75, 3.05) is 25.4 Å². The van der Waals surface area contributed by atoms with E-state index < -0.39 is 0 Å². The van der Waals surface area contributed by atoms with Crippen molar-refractivity contribution in [1.82, 2.24) is 4.90 Å². The van der Waals surface area contributed by atoms with Crippen molar-refractivity contribution in [3.63, 3.8) is 0 Å². The Morgan fingerprint density at radius 1 is 1.00 bits per heavy atom. The minimum atomic E-state index is 1.16. The van der Waals surface area contributed by atoms with Crippen LogP contribution in [-0.2, 0) is 5.75 Å². The molecule has 106 valence electrons. The molecule has 2 heteroatoms. The molecule has 1 aromatic rings. The molecule has 0 spiro atoms. The highest BCUT2D eigenvalue weighted by Gasteiger charge is 2.08. The molecule has 0 atom stereocenters. The zero-order chi connectivity index (χ0) is 13.5. The maximum absolute atomic E-state index is 2.65. The fraction of sp³-hybridized carbons (Fsp3) is 0.647. The molecule has 0 radical (unpaired) electrons. The molecule has 1 aliphatic heterocycles. The van der Waals surface area contributed by atoms with E-state index in [1.165, 1.54) is 67.8 Å². The van der Waals surface area contributed by atoms with Crippen LogP contribution >= 0.6 is 11.8 Å². The van der Waals surface area contributed by atoms with Gasteiger partial charge in [0.1, 0.15) is 0 Å². The molecule has 1 heterocycles. The zero-order valence-corrected chi connectivity index (χ0v) is 13.3. The molecule has 1 fully saturated rings. The third-order valence-corrected chi connectivity index (χ3v) is 5.10. The molecule has 19 heavy (non-hydrogen) atoms. The van der Waals surface area contributed by atoms with E-state index in [1.807, 2.05) is 0 Å². The summed E-state index contributed by atoms with van der Waals surface area (Å²) in [6.07, 6.45) is 5.68. The number of hydrogen-bond acceptors (Lipinski definition) is 2. The van der Waals surface area contributed by atoms with Crippen molar-refractivity contribution in [3.8, 4) is 0 Å². The van der Waals surface area contributed by atoms with Crippen LogP contribution in [0.5, 0.6) is 0 Å². The predicted molar refractivity (Wildman–Crippen MR) is 87.0 cm³/mol. The van der Waals surface area contributed by atoms with Crippen LogP contribution < -0.4 is 0 Å². The Labute approximate surface area is 122 Å². The summed E-state index contributed by atoms with van der Waals surface area (Å²) in [7, 11) is 0. The molecule has 0 amide bonds. The van der Waals surface area contributed by atoms with Gasteiger partial charge < -0.3 is 4.90 Å². The molecule has 0 N–H and O–H groups in total. The van der Waals surface area contributed by atoms with Crippen molar-refractivity contribution < 1.29 is 0 Å². The van der Waals surface area contributed by atoms with Crippen LogP contribution in [-0.4, -0.2) is 30.3 Å². The lowest BCUT2D eigenvalue weighted by Gasteiger charge is -2.19. The number of benzene rings is 1. The number of hydrogen-bond donors (Lipinski definition) is 0. The second-order valence-corrected chi connectivity index (χ2v) is 6.83. The normalized spacial score (nSPS) is 17.4. The van der Waals surface area contributed by atoms with Crippen molar-refractivity contribution in [2.45, 2.75) is 45.3 Å². The summed E-state index contributed by atoms with van der Waals surface area (Å²) >= 11 is 2.08. The summed E-state index contributed by atoms with van der Waals surface area (Å²) in [4.78, 5) is 2.65. The smallest absolute Gasteiger partial charge is 0.0185 e. The SMILES string of the molecule is Cc1ccc(CSCCN2CCCCCC2)cc1C. The van der Waals surface area contributed by atoms with E-state index in [-0.39, 0.29) is 0 Å². The predicted octanol–water partition coefficient (Wildman–Crippen LogP) is 4.41. The first kappa shape index (κ1) is 14.9. The summed E-state index contributed by atoms with van der Waals surface area (Å²) < 4.78 is 0. The van der Waals surface area contributed by atoms with Crippen molar-refractivity contribution in [2.24, 2.45) is 0 Å². The fourth-order valence-electron chi connectivity index (χ4n) is 2.64. The van der Waals surface area contributed by atoms with E-state index in [2.05, 4.69) is 48.7 Å². The Morgan fingerprint density at radius 2 is 1.74 bits per heavy atom. The quantitative estimate of drug-likeness (QED) is 0.733. The van der Waals surface area contributed by atoms with Gasteiger partial charge in [-0.1, -0.05) is 31.0 Å². The molecule has 0 unspecified atom stereocenters. The van der Waals surface area contributed by atoms with Gasteiger partial charge in [-0.15, -0.1) is 0 Å². The van der Waals surface area contributed by atoms with Gasteiger partial charge in [0.05, 0.1) is 0 Å². The largest absolute Gasteiger partial charge is 0.303 e. The second kappa shape index (κ2) is 7.96. The molecular formula is C17H27NS. The van der Waals surface area contributed by atoms with Gasteiger partial charge in [0.15, 0.2) is 0 Å².